The Morgan fingerprint density at radius 2 is 2.05 bits per heavy atom. The fourth-order valence-corrected chi connectivity index (χ4v) is 3.50. The molecule has 3 aromatic rings. The number of nitrogens with zero attached hydrogens (tertiary/aromatic N) is 3. The van der Waals surface area contributed by atoms with Crippen molar-refractivity contribution in [3.8, 4) is 0 Å². The van der Waals surface area contributed by atoms with Crippen LogP contribution in [0.15, 0.2) is 42.0 Å². The average molecular weight is 333 g/mol. The van der Waals surface area contributed by atoms with Gasteiger partial charge in [-0.05, 0) is 37.2 Å². The minimum absolute atomic E-state index is 0.165. The predicted octanol–water partition coefficient (Wildman–Crippen LogP) is 4.06. The number of thiophene rings is 1. The molecule has 0 aliphatic heterocycles. The molecule has 2 aromatic heterocycles. The molecule has 6 heteroatoms. The Labute approximate surface area is 138 Å². The van der Waals surface area contributed by atoms with Crippen LogP contribution in [0.1, 0.15) is 11.6 Å². The van der Waals surface area contributed by atoms with Gasteiger partial charge in [-0.15, -0.1) is 11.3 Å². The predicted molar refractivity (Wildman–Crippen MR) is 93.8 cm³/mol. The van der Waals surface area contributed by atoms with E-state index in [9.17, 15) is 0 Å². The normalized spacial score (nSPS) is 12.7. The first-order valence-corrected chi connectivity index (χ1v) is 8.25. The van der Waals surface area contributed by atoms with Crippen LogP contribution >= 0.6 is 22.9 Å². The van der Waals surface area contributed by atoms with E-state index in [0.29, 0.717) is 0 Å². The molecule has 0 amide bonds. The van der Waals surface area contributed by atoms with E-state index >= 15 is 0 Å². The van der Waals surface area contributed by atoms with Crippen LogP contribution in [-0.4, -0.2) is 35.5 Å². The highest BCUT2D eigenvalue weighted by Crippen LogP contribution is 2.28. The zero-order valence-corrected chi connectivity index (χ0v) is 14.0. The average Bonchev–Trinajstić information content (AvgIpc) is 2.98. The zero-order chi connectivity index (χ0) is 15.5. The zero-order valence-electron chi connectivity index (χ0n) is 12.5. The van der Waals surface area contributed by atoms with Crippen molar-refractivity contribution in [2.45, 2.75) is 6.04 Å². The van der Waals surface area contributed by atoms with Crippen molar-refractivity contribution < 1.29 is 0 Å². The molecule has 0 spiro atoms. The molecule has 0 aliphatic carbocycles. The summed E-state index contributed by atoms with van der Waals surface area (Å²) in [7, 11) is 4.10. The highest BCUT2D eigenvalue weighted by atomic mass is 35.5. The van der Waals surface area contributed by atoms with Gasteiger partial charge < -0.3 is 10.2 Å². The highest BCUT2D eigenvalue weighted by Gasteiger charge is 2.17. The van der Waals surface area contributed by atoms with Crippen molar-refractivity contribution in [1.29, 1.82) is 0 Å². The van der Waals surface area contributed by atoms with Crippen molar-refractivity contribution in [2.24, 2.45) is 0 Å². The van der Waals surface area contributed by atoms with Crippen molar-refractivity contribution in [3.05, 3.63) is 52.6 Å². The molecule has 0 aliphatic rings. The fraction of sp³-hybridized carbons (Fsp3) is 0.250. The molecule has 0 bridgehead atoms. The molecule has 0 saturated carbocycles. The van der Waals surface area contributed by atoms with Crippen LogP contribution in [0.5, 0.6) is 0 Å². The Morgan fingerprint density at radius 1 is 1.23 bits per heavy atom. The first kappa shape index (κ1) is 15.2. The van der Waals surface area contributed by atoms with Gasteiger partial charge in [0.1, 0.15) is 12.1 Å². The van der Waals surface area contributed by atoms with Gasteiger partial charge in [-0.25, -0.2) is 9.97 Å². The lowest BCUT2D eigenvalue weighted by atomic mass is 10.1. The summed E-state index contributed by atoms with van der Waals surface area (Å²) in [4.78, 5) is 10.8. The monoisotopic (exact) mass is 332 g/mol. The van der Waals surface area contributed by atoms with Crippen LogP contribution in [0, 0.1) is 0 Å². The molecule has 0 fully saturated rings. The van der Waals surface area contributed by atoms with Gasteiger partial charge in [0.25, 0.3) is 0 Å². The number of likely N-dealkylation sites (N-methyl/N-ethyl adjacent to an activating group) is 1. The van der Waals surface area contributed by atoms with Crippen molar-refractivity contribution in [3.63, 3.8) is 0 Å². The number of anilines is 1. The Kier molecular flexibility index (Phi) is 4.57. The summed E-state index contributed by atoms with van der Waals surface area (Å²) in [5, 5.41) is 6.25. The molecule has 0 radical (unpaired) electrons. The number of halogens is 1. The summed E-state index contributed by atoms with van der Waals surface area (Å²) in [5.41, 5.74) is 2.08. The van der Waals surface area contributed by atoms with E-state index in [1.165, 1.54) is 0 Å². The lowest BCUT2D eigenvalue weighted by Gasteiger charge is -2.26. The van der Waals surface area contributed by atoms with Crippen molar-refractivity contribution in [1.82, 2.24) is 14.9 Å². The van der Waals surface area contributed by atoms with Crippen LogP contribution in [0.2, 0.25) is 5.02 Å². The molecular weight excluding hydrogens is 316 g/mol. The van der Waals surface area contributed by atoms with Gasteiger partial charge in [0.05, 0.1) is 16.3 Å². The fourth-order valence-electron chi connectivity index (χ4n) is 2.42. The molecule has 22 heavy (non-hydrogen) atoms. The third kappa shape index (κ3) is 3.06. The van der Waals surface area contributed by atoms with E-state index in [-0.39, 0.29) is 6.04 Å². The second kappa shape index (κ2) is 6.60. The number of fused-ring (bicyclic) bond motifs is 1. The standard InChI is InChI=1S/C16H17ClN4S/c1-21(2)14(11-5-3-4-6-12(11)17)9-18-16-15-13(7-8-22-15)19-10-20-16/h3-8,10,14H,9H2,1-2H3,(H,18,19,20). The van der Waals surface area contributed by atoms with E-state index in [1.807, 2.05) is 29.6 Å². The molecular formula is C16H17ClN4S. The van der Waals surface area contributed by atoms with Gasteiger partial charge in [-0.1, -0.05) is 29.8 Å². The number of hydrogen-bond donors (Lipinski definition) is 1. The van der Waals surface area contributed by atoms with Gasteiger partial charge in [-0.3, -0.25) is 0 Å². The summed E-state index contributed by atoms with van der Waals surface area (Å²) in [6.07, 6.45) is 1.59. The summed E-state index contributed by atoms with van der Waals surface area (Å²) < 4.78 is 1.08. The van der Waals surface area contributed by atoms with E-state index in [4.69, 9.17) is 11.6 Å². The number of aromatic nitrogens is 2. The van der Waals surface area contributed by atoms with Gasteiger partial charge in [0, 0.05) is 11.6 Å². The molecule has 1 unspecified atom stereocenters. The van der Waals surface area contributed by atoms with Crippen molar-refractivity contribution in [2.75, 3.05) is 26.0 Å². The summed E-state index contributed by atoms with van der Waals surface area (Å²) >= 11 is 7.99. The first-order valence-electron chi connectivity index (χ1n) is 6.99. The minimum atomic E-state index is 0.165. The summed E-state index contributed by atoms with van der Waals surface area (Å²) in [6, 6.07) is 10.1. The Morgan fingerprint density at radius 3 is 2.82 bits per heavy atom. The first-order chi connectivity index (χ1) is 10.7. The summed E-state index contributed by atoms with van der Waals surface area (Å²) in [6.45, 7) is 0.723. The van der Waals surface area contributed by atoms with E-state index < -0.39 is 0 Å². The van der Waals surface area contributed by atoms with Crippen LogP contribution in [0.3, 0.4) is 0 Å². The number of benzene rings is 1. The van der Waals surface area contributed by atoms with Gasteiger partial charge >= 0.3 is 0 Å². The number of nitrogens with one attached hydrogen (secondary N) is 1. The molecule has 1 aromatic carbocycles. The van der Waals surface area contributed by atoms with Gasteiger partial charge in [0.15, 0.2) is 0 Å². The van der Waals surface area contributed by atoms with Crippen molar-refractivity contribution >= 4 is 39.0 Å². The maximum Gasteiger partial charge on any atom is 0.147 e. The quantitative estimate of drug-likeness (QED) is 0.765. The Hall–Kier alpha value is -1.69. The van der Waals surface area contributed by atoms with E-state index in [0.717, 1.165) is 33.2 Å². The molecule has 0 saturated heterocycles. The second-order valence-corrected chi connectivity index (χ2v) is 6.56. The third-order valence-corrected chi connectivity index (χ3v) is 4.85. The molecule has 3 rings (SSSR count). The minimum Gasteiger partial charge on any atom is -0.367 e. The Bertz CT molecular complexity index is 771. The number of hydrogen-bond acceptors (Lipinski definition) is 5. The highest BCUT2D eigenvalue weighted by molar-refractivity contribution is 7.17. The molecule has 1 N–H and O–H groups in total. The lowest BCUT2D eigenvalue weighted by Crippen LogP contribution is -2.27. The maximum absolute atomic E-state index is 6.34. The SMILES string of the molecule is CN(C)C(CNc1ncnc2ccsc12)c1ccccc1Cl. The topological polar surface area (TPSA) is 41.0 Å². The maximum atomic E-state index is 6.34. The third-order valence-electron chi connectivity index (χ3n) is 3.59. The van der Waals surface area contributed by atoms with E-state index in [2.05, 4.69) is 40.3 Å². The van der Waals surface area contributed by atoms with Gasteiger partial charge in [0.2, 0.25) is 0 Å². The largest absolute Gasteiger partial charge is 0.367 e. The second-order valence-electron chi connectivity index (χ2n) is 5.24. The molecule has 1 atom stereocenters. The van der Waals surface area contributed by atoms with Crippen LogP contribution in [0.25, 0.3) is 10.2 Å². The molecule has 4 nitrogen and oxygen atoms in total. The molecule has 2 heterocycles. The molecule has 114 valence electrons. The van der Waals surface area contributed by atoms with Crippen LogP contribution in [0.4, 0.5) is 5.82 Å². The lowest BCUT2D eigenvalue weighted by molar-refractivity contribution is 0.312. The van der Waals surface area contributed by atoms with Crippen LogP contribution < -0.4 is 5.32 Å². The van der Waals surface area contributed by atoms with Gasteiger partial charge in [-0.2, -0.15) is 0 Å². The Balaban J connectivity index is 1.84. The smallest absolute Gasteiger partial charge is 0.147 e. The number of rotatable bonds is 5. The van der Waals surface area contributed by atoms with E-state index in [1.54, 1.807) is 17.7 Å². The van der Waals surface area contributed by atoms with Crippen LogP contribution in [-0.2, 0) is 0 Å². The summed E-state index contributed by atoms with van der Waals surface area (Å²) in [5.74, 6) is 0.874.